The van der Waals surface area contributed by atoms with Crippen LogP contribution < -0.4 is 15.9 Å². The van der Waals surface area contributed by atoms with Gasteiger partial charge in [0.25, 0.3) is 0 Å². The van der Waals surface area contributed by atoms with Crippen molar-refractivity contribution in [1.29, 1.82) is 0 Å². The normalized spacial score (nSPS) is 16.0. The summed E-state index contributed by atoms with van der Waals surface area (Å²) < 4.78 is 18.7. The van der Waals surface area contributed by atoms with Crippen LogP contribution in [-0.2, 0) is 4.57 Å². The Hall–Kier alpha value is -4.31. The van der Waals surface area contributed by atoms with E-state index < -0.39 is 7.14 Å². The summed E-state index contributed by atoms with van der Waals surface area (Å²) in [5.41, 5.74) is 7.00. The van der Waals surface area contributed by atoms with Gasteiger partial charge in [0.2, 0.25) is 0 Å². The highest BCUT2D eigenvalue weighted by atomic mass is 32.1. The van der Waals surface area contributed by atoms with E-state index >= 15 is 4.57 Å². The van der Waals surface area contributed by atoms with E-state index in [9.17, 15) is 0 Å². The van der Waals surface area contributed by atoms with E-state index in [1.54, 1.807) is 11.3 Å². The third-order valence-corrected chi connectivity index (χ3v) is 11.8. The van der Waals surface area contributed by atoms with E-state index in [4.69, 9.17) is 9.97 Å². The smallest absolute Gasteiger partial charge is 0.175 e. The fourth-order valence-electron chi connectivity index (χ4n) is 5.76. The Bertz CT molecular complexity index is 2080. The number of nitrogens with zero attached hydrogens (tertiary/aromatic N) is 3. The average molecular weight is 540 g/mol. The number of hydrogen-bond acceptors (Lipinski definition) is 4. The molecule has 0 fully saturated rings. The molecule has 1 aliphatic rings. The molecule has 0 radical (unpaired) electrons. The lowest BCUT2D eigenvalue weighted by molar-refractivity contribution is 0.592. The second kappa shape index (κ2) is 8.34. The minimum atomic E-state index is -3.14. The van der Waals surface area contributed by atoms with Gasteiger partial charge in [0.1, 0.15) is 10.8 Å². The maximum atomic E-state index is 15.3. The number of fused-ring (bicyclic) bond motifs is 3. The van der Waals surface area contributed by atoms with Gasteiger partial charge < -0.3 is 4.57 Å². The SMILES string of the molecule is Cc1nc2cccc3c2n1-c1ccc(-c2ccc(-c4nc5ccccc5s4)cc2)cc1P3(=O)c1ccccc1. The zero-order valence-corrected chi connectivity index (χ0v) is 22.8. The summed E-state index contributed by atoms with van der Waals surface area (Å²) in [5, 5.41) is 3.55. The summed E-state index contributed by atoms with van der Waals surface area (Å²) in [4.78, 5) is 9.63. The van der Waals surface area contributed by atoms with E-state index in [0.717, 1.165) is 65.7 Å². The molecule has 0 amide bonds. The molecule has 0 saturated carbocycles. The van der Waals surface area contributed by atoms with Crippen molar-refractivity contribution in [1.82, 2.24) is 14.5 Å². The Morgan fingerprint density at radius 1 is 0.667 bits per heavy atom. The highest BCUT2D eigenvalue weighted by molar-refractivity contribution is 7.86. The van der Waals surface area contributed by atoms with Crippen molar-refractivity contribution < 1.29 is 4.57 Å². The van der Waals surface area contributed by atoms with Gasteiger partial charge >= 0.3 is 0 Å². The number of aromatic nitrogens is 3. The molecule has 0 spiro atoms. The Kier molecular flexibility index (Phi) is 4.85. The van der Waals surface area contributed by atoms with E-state index in [0.29, 0.717) is 0 Å². The minimum absolute atomic E-state index is 0.840. The van der Waals surface area contributed by atoms with Gasteiger partial charge in [0, 0.05) is 21.5 Å². The lowest BCUT2D eigenvalue weighted by Gasteiger charge is -2.29. The molecule has 8 rings (SSSR count). The summed E-state index contributed by atoms with van der Waals surface area (Å²) in [6, 6.07) is 39.0. The summed E-state index contributed by atoms with van der Waals surface area (Å²) in [5.74, 6) is 0.894. The van der Waals surface area contributed by atoms with Crippen LogP contribution in [0.1, 0.15) is 5.82 Å². The molecule has 0 aliphatic carbocycles. The van der Waals surface area contributed by atoms with Gasteiger partial charge in [-0.2, -0.15) is 0 Å². The van der Waals surface area contributed by atoms with Crippen LogP contribution >= 0.6 is 18.5 Å². The molecule has 1 atom stereocenters. The third-order valence-electron chi connectivity index (χ3n) is 7.60. The predicted molar refractivity (Wildman–Crippen MR) is 163 cm³/mol. The minimum Gasteiger partial charge on any atom is -0.308 e. The monoisotopic (exact) mass is 539 g/mol. The molecule has 0 bridgehead atoms. The van der Waals surface area contributed by atoms with E-state index in [2.05, 4.69) is 59.2 Å². The molecule has 0 saturated heterocycles. The molecule has 3 heterocycles. The van der Waals surface area contributed by atoms with Gasteiger partial charge in [-0.1, -0.05) is 78.9 Å². The largest absolute Gasteiger partial charge is 0.308 e. The van der Waals surface area contributed by atoms with Crippen LogP contribution in [0.5, 0.6) is 0 Å². The predicted octanol–water partition coefficient (Wildman–Crippen LogP) is 7.23. The zero-order valence-electron chi connectivity index (χ0n) is 21.1. The second-order valence-electron chi connectivity index (χ2n) is 9.85. The second-order valence-corrected chi connectivity index (χ2v) is 13.6. The lowest BCUT2D eigenvalue weighted by atomic mass is 10.0. The first kappa shape index (κ1) is 22.7. The highest BCUT2D eigenvalue weighted by Gasteiger charge is 2.39. The fraction of sp³-hybridized carbons (Fsp3) is 0.0303. The molecule has 1 aliphatic heterocycles. The van der Waals surface area contributed by atoms with Crippen molar-refractivity contribution in [2.24, 2.45) is 0 Å². The third kappa shape index (κ3) is 3.27. The molecule has 4 nitrogen and oxygen atoms in total. The van der Waals surface area contributed by atoms with Crippen molar-refractivity contribution in [3.05, 3.63) is 121 Å². The lowest BCUT2D eigenvalue weighted by Crippen LogP contribution is -2.33. The molecule has 7 aromatic rings. The van der Waals surface area contributed by atoms with Gasteiger partial charge in [0.15, 0.2) is 7.14 Å². The van der Waals surface area contributed by atoms with Crippen LogP contribution in [-0.4, -0.2) is 14.5 Å². The Labute approximate surface area is 229 Å². The summed E-state index contributed by atoms with van der Waals surface area (Å²) in [7, 11) is -3.14. The first-order chi connectivity index (χ1) is 19.1. The molecule has 0 N–H and O–H groups in total. The molecular weight excluding hydrogens is 517 g/mol. The first-order valence-corrected chi connectivity index (χ1v) is 15.4. The number of imidazole rings is 1. The average Bonchev–Trinajstić information content (AvgIpc) is 3.57. The number of benzene rings is 5. The number of rotatable bonds is 3. The highest BCUT2D eigenvalue weighted by Crippen LogP contribution is 2.49. The van der Waals surface area contributed by atoms with Crippen molar-refractivity contribution in [3.8, 4) is 27.4 Å². The van der Waals surface area contributed by atoms with Crippen LogP contribution in [0.4, 0.5) is 0 Å². The fourth-order valence-corrected chi connectivity index (χ4v) is 9.77. The van der Waals surface area contributed by atoms with Gasteiger partial charge in [0.05, 0.1) is 26.9 Å². The van der Waals surface area contributed by atoms with Crippen LogP contribution in [0.3, 0.4) is 0 Å². The van der Waals surface area contributed by atoms with Gasteiger partial charge in [-0.3, -0.25) is 4.57 Å². The van der Waals surface area contributed by atoms with Crippen LogP contribution in [0.15, 0.2) is 115 Å². The van der Waals surface area contributed by atoms with Crippen molar-refractivity contribution in [2.75, 3.05) is 0 Å². The molecule has 2 aromatic heterocycles. The van der Waals surface area contributed by atoms with Crippen molar-refractivity contribution >= 4 is 55.6 Å². The molecule has 1 unspecified atom stereocenters. The van der Waals surface area contributed by atoms with Crippen molar-refractivity contribution in [3.63, 3.8) is 0 Å². The number of aryl methyl sites for hydroxylation is 1. The molecule has 6 heteroatoms. The Morgan fingerprint density at radius 2 is 1.38 bits per heavy atom. The van der Waals surface area contributed by atoms with Gasteiger partial charge in [-0.25, -0.2) is 9.97 Å². The standard InChI is InChI=1S/C33H22N3OPS/c1-21-34-27-11-7-12-29-32(27)36(21)28-19-18-24(20-30(28)38(29,37)25-8-3-2-4-9-25)22-14-16-23(17-15-22)33-35-26-10-5-6-13-31(26)39-33/h2-20H,1H3. The molecule has 5 aromatic carbocycles. The number of hydrogen-bond donors (Lipinski definition) is 0. The summed E-state index contributed by atoms with van der Waals surface area (Å²) in [6.45, 7) is 2.01. The maximum Gasteiger partial charge on any atom is 0.175 e. The maximum absolute atomic E-state index is 15.3. The van der Waals surface area contributed by atoms with E-state index in [-0.39, 0.29) is 0 Å². The summed E-state index contributed by atoms with van der Waals surface area (Å²) >= 11 is 1.70. The van der Waals surface area contributed by atoms with E-state index in [1.807, 2.05) is 67.6 Å². The number of thiazole rings is 1. The summed E-state index contributed by atoms with van der Waals surface area (Å²) in [6.07, 6.45) is 0. The molecular formula is C33H22N3OPS. The van der Waals surface area contributed by atoms with Gasteiger partial charge in [-0.05, 0) is 54.4 Å². The topological polar surface area (TPSA) is 47.8 Å². The van der Waals surface area contributed by atoms with Crippen molar-refractivity contribution in [2.45, 2.75) is 6.92 Å². The number of para-hydroxylation sites is 2. The quantitative estimate of drug-likeness (QED) is 0.223. The first-order valence-electron chi connectivity index (χ1n) is 12.9. The van der Waals surface area contributed by atoms with Crippen LogP contribution in [0.2, 0.25) is 0 Å². The zero-order chi connectivity index (χ0) is 26.1. The molecule has 39 heavy (non-hydrogen) atoms. The van der Waals surface area contributed by atoms with Crippen LogP contribution in [0, 0.1) is 6.92 Å². The Balaban J connectivity index is 1.30. The molecule has 186 valence electrons. The van der Waals surface area contributed by atoms with E-state index in [1.165, 1.54) is 4.70 Å². The van der Waals surface area contributed by atoms with Gasteiger partial charge in [-0.15, -0.1) is 11.3 Å². The van der Waals surface area contributed by atoms with Crippen LogP contribution in [0.25, 0.3) is 48.6 Å². The Morgan fingerprint density at radius 3 is 2.21 bits per heavy atom.